The lowest BCUT2D eigenvalue weighted by atomic mass is 9.96. The molecule has 1 aromatic rings. The number of hydrogen-bond donors (Lipinski definition) is 0. The number of nitrogens with zero attached hydrogens (tertiary/aromatic N) is 2. The van der Waals surface area contributed by atoms with Gasteiger partial charge in [0, 0.05) is 31.8 Å². The van der Waals surface area contributed by atoms with Crippen LogP contribution in [-0.4, -0.2) is 43.0 Å². The summed E-state index contributed by atoms with van der Waals surface area (Å²) in [5.41, 5.74) is 0.996. The third-order valence-electron chi connectivity index (χ3n) is 3.41. The number of aliphatic imine (C=N–C) groups is 1. The van der Waals surface area contributed by atoms with E-state index >= 15 is 0 Å². The van der Waals surface area contributed by atoms with Crippen molar-refractivity contribution in [3.05, 3.63) is 35.7 Å². The van der Waals surface area contributed by atoms with E-state index < -0.39 is 11.9 Å². The predicted octanol–water partition coefficient (Wildman–Crippen LogP) is 3.13. The Labute approximate surface area is 145 Å². The van der Waals surface area contributed by atoms with Crippen LogP contribution in [0.15, 0.2) is 35.2 Å². The lowest BCUT2D eigenvalue weighted by Crippen LogP contribution is -2.17. The van der Waals surface area contributed by atoms with Crippen LogP contribution in [0.4, 0.5) is 5.69 Å². The average molecular weight is 351 g/mol. The number of rotatable bonds is 5. The van der Waals surface area contributed by atoms with Crippen molar-refractivity contribution in [2.75, 3.05) is 21.2 Å². The average Bonchev–Trinajstić information content (AvgIpc) is 2.53. The van der Waals surface area contributed by atoms with Crippen molar-refractivity contribution in [3.63, 3.8) is 0 Å². The summed E-state index contributed by atoms with van der Waals surface area (Å²) in [6.07, 6.45) is 1.73. The number of fused-ring (bicyclic) bond motifs is 1. The summed E-state index contributed by atoms with van der Waals surface area (Å²) in [6.45, 7) is 1.69. The highest BCUT2D eigenvalue weighted by Crippen LogP contribution is 2.36. The summed E-state index contributed by atoms with van der Waals surface area (Å²) in [5, 5.41) is 0.245. The van der Waals surface area contributed by atoms with Crippen LogP contribution in [0.1, 0.15) is 23.7 Å². The van der Waals surface area contributed by atoms with Gasteiger partial charge in [0.25, 0.3) is 0 Å². The van der Waals surface area contributed by atoms with Gasteiger partial charge in [-0.25, -0.2) is 4.99 Å². The Kier molecular flexibility index (Phi) is 5.62. The first kappa shape index (κ1) is 18.0. The number of allylic oxidation sites excluding steroid dienone is 1. The van der Waals surface area contributed by atoms with Crippen molar-refractivity contribution >= 4 is 34.2 Å². The van der Waals surface area contributed by atoms with Crippen LogP contribution in [0.2, 0.25) is 0 Å². The van der Waals surface area contributed by atoms with Crippen LogP contribution < -0.4 is 4.74 Å². The molecule has 2 rings (SSSR count). The number of esters is 1. The molecule has 0 aromatic heterocycles. The zero-order valence-corrected chi connectivity index (χ0v) is 14.8. The molecule has 1 aliphatic rings. The molecule has 0 fully saturated rings. The highest BCUT2D eigenvalue weighted by Gasteiger charge is 2.23. The summed E-state index contributed by atoms with van der Waals surface area (Å²) >= 11 is 6.09. The maximum Gasteiger partial charge on any atom is 0.306 e. The van der Waals surface area contributed by atoms with Crippen molar-refractivity contribution in [2.24, 2.45) is 10.9 Å². The number of methoxy groups -OCH3 is 1. The van der Waals surface area contributed by atoms with Crippen molar-refractivity contribution < 1.29 is 19.1 Å². The van der Waals surface area contributed by atoms with Crippen molar-refractivity contribution in [2.45, 2.75) is 13.3 Å². The number of Topliss-reactive ketones (excluding diaryl/α,β-unsaturated/α-hetero) is 1. The third kappa shape index (κ3) is 4.14. The number of hydrogen-bond acceptors (Lipinski definition) is 6. The Balaban J connectivity index is 2.26. The number of ketones is 1. The SMILES string of the molecule is COC(=O)CC(C)C(=O)c1ccc2c(c1)O/C(=C\N(C)C)C(Cl)=N2. The Morgan fingerprint density at radius 1 is 1.42 bits per heavy atom. The fourth-order valence-electron chi connectivity index (χ4n) is 2.19. The number of benzene rings is 1. The smallest absolute Gasteiger partial charge is 0.306 e. The van der Waals surface area contributed by atoms with Gasteiger partial charge in [0.1, 0.15) is 5.69 Å². The normalized spacial score (nSPS) is 15.9. The molecule has 0 amide bonds. The standard InChI is InChI=1S/C17H19ClN2O4/c1-10(7-15(21)23-4)16(22)11-5-6-12-13(8-11)24-14(9-20(2)3)17(18)19-12/h5-6,8-10H,7H2,1-4H3/b14-9-. The van der Waals surface area contributed by atoms with Gasteiger partial charge in [-0.15, -0.1) is 0 Å². The van der Waals surface area contributed by atoms with E-state index in [4.69, 9.17) is 16.3 Å². The molecule has 0 aliphatic carbocycles. The van der Waals surface area contributed by atoms with E-state index in [2.05, 4.69) is 9.73 Å². The van der Waals surface area contributed by atoms with E-state index in [9.17, 15) is 9.59 Å². The van der Waals surface area contributed by atoms with Gasteiger partial charge in [-0.2, -0.15) is 0 Å². The topological polar surface area (TPSA) is 68.2 Å². The fraction of sp³-hybridized carbons (Fsp3) is 0.353. The summed E-state index contributed by atoms with van der Waals surface area (Å²) < 4.78 is 10.3. The van der Waals surface area contributed by atoms with E-state index in [0.29, 0.717) is 22.8 Å². The number of ether oxygens (including phenoxy) is 2. The minimum absolute atomic E-state index is 0.0308. The second kappa shape index (κ2) is 7.49. The molecule has 0 N–H and O–H groups in total. The van der Waals surface area contributed by atoms with Gasteiger partial charge in [0.15, 0.2) is 22.5 Å². The molecule has 1 atom stereocenters. The van der Waals surface area contributed by atoms with Crippen LogP contribution in [0, 0.1) is 5.92 Å². The second-order valence-corrected chi connectivity index (χ2v) is 6.05. The minimum atomic E-state index is -0.483. The molecule has 0 saturated carbocycles. The van der Waals surface area contributed by atoms with Gasteiger partial charge in [-0.1, -0.05) is 18.5 Å². The van der Waals surface area contributed by atoms with Crippen molar-refractivity contribution in [3.8, 4) is 5.75 Å². The maximum atomic E-state index is 12.5. The largest absolute Gasteiger partial charge is 0.469 e. The van der Waals surface area contributed by atoms with E-state index in [1.54, 1.807) is 36.2 Å². The summed E-state index contributed by atoms with van der Waals surface area (Å²) in [6, 6.07) is 4.93. The molecule has 0 bridgehead atoms. The second-order valence-electron chi connectivity index (χ2n) is 5.69. The number of carbonyl (C=O) groups excluding carboxylic acids is 2. The molecular weight excluding hydrogens is 332 g/mol. The first-order chi connectivity index (χ1) is 11.3. The highest BCUT2D eigenvalue weighted by molar-refractivity contribution is 6.69. The Hall–Kier alpha value is -2.34. The van der Waals surface area contributed by atoms with Crippen LogP contribution in [0.25, 0.3) is 0 Å². The summed E-state index contributed by atoms with van der Waals surface area (Å²) in [4.78, 5) is 29.8. The van der Waals surface area contributed by atoms with Crippen LogP contribution in [-0.2, 0) is 9.53 Å². The lowest BCUT2D eigenvalue weighted by Gasteiger charge is -2.19. The van der Waals surface area contributed by atoms with Crippen LogP contribution in [0.5, 0.6) is 5.75 Å². The van der Waals surface area contributed by atoms with Gasteiger partial charge in [0.05, 0.1) is 13.5 Å². The molecule has 24 heavy (non-hydrogen) atoms. The van der Waals surface area contributed by atoms with Crippen molar-refractivity contribution in [1.82, 2.24) is 4.90 Å². The zero-order chi connectivity index (χ0) is 17.9. The Bertz CT molecular complexity index is 725. The third-order valence-corrected chi connectivity index (χ3v) is 3.68. The van der Waals surface area contributed by atoms with Gasteiger partial charge < -0.3 is 14.4 Å². The first-order valence-corrected chi connectivity index (χ1v) is 7.75. The van der Waals surface area contributed by atoms with Crippen LogP contribution in [0.3, 0.4) is 0 Å². The molecule has 1 unspecified atom stereocenters. The summed E-state index contributed by atoms with van der Waals surface area (Å²) in [7, 11) is 4.97. The lowest BCUT2D eigenvalue weighted by molar-refractivity contribution is -0.141. The van der Waals surface area contributed by atoms with Gasteiger partial charge in [0.2, 0.25) is 0 Å². The Morgan fingerprint density at radius 3 is 2.75 bits per heavy atom. The zero-order valence-electron chi connectivity index (χ0n) is 14.0. The van der Waals surface area contributed by atoms with E-state index in [0.717, 1.165) is 0 Å². The Morgan fingerprint density at radius 2 is 2.12 bits per heavy atom. The first-order valence-electron chi connectivity index (χ1n) is 7.37. The van der Waals surface area contributed by atoms with Crippen LogP contribution >= 0.6 is 11.6 Å². The monoisotopic (exact) mass is 350 g/mol. The van der Waals surface area contributed by atoms with Crippen molar-refractivity contribution in [1.29, 1.82) is 0 Å². The molecule has 1 aliphatic heterocycles. The molecule has 6 nitrogen and oxygen atoms in total. The molecule has 7 heteroatoms. The summed E-state index contributed by atoms with van der Waals surface area (Å²) in [5.74, 6) is -0.212. The highest BCUT2D eigenvalue weighted by atomic mass is 35.5. The van der Waals surface area contributed by atoms with Gasteiger partial charge in [-0.3, -0.25) is 9.59 Å². The van der Waals surface area contributed by atoms with Gasteiger partial charge >= 0.3 is 5.97 Å². The predicted molar refractivity (Wildman–Crippen MR) is 91.9 cm³/mol. The molecular formula is C17H19ClN2O4. The van der Waals surface area contributed by atoms with E-state index in [-0.39, 0.29) is 17.4 Å². The molecule has 1 heterocycles. The molecule has 0 saturated heterocycles. The fourth-order valence-corrected chi connectivity index (χ4v) is 2.37. The van der Waals surface area contributed by atoms with E-state index in [1.165, 1.54) is 7.11 Å². The number of halogens is 1. The molecule has 0 spiro atoms. The maximum absolute atomic E-state index is 12.5. The quantitative estimate of drug-likeness (QED) is 0.602. The van der Waals surface area contributed by atoms with E-state index in [1.807, 2.05) is 14.1 Å². The minimum Gasteiger partial charge on any atom is -0.469 e. The molecule has 1 aromatic carbocycles. The molecule has 128 valence electrons. The van der Waals surface area contributed by atoms with Gasteiger partial charge in [-0.05, 0) is 18.2 Å². The molecule has 0 radical (unpaired) electrons. The number of carbonyl (C=O) groups is 2.